The highest BCUT2D eigenvalue weighted by Gasteiger charge is 2.49. The summed E-state index contributed by atoms with van der Waals surface area (Å²) in [5.41, 5.74) is 1.64. The van der Waals surface area contributed by atoms with E-state index in [0.717, 1.165) is 12.1 Å². The fourth-order valence-electron chi connectivity index (χ4n) is 4.17. The smallest absolute Gasteiger partial charge is 0.255 e. The minimum atomic E-state index is -2.79. The normalized spacial score (nSPS) is 23.4. The molecule has 1 saturated carbocycles. The summed E-state index contributed by atoms with van der Waals surface area (Å²) in [6, 6.07) is 6.22. The van der Waals surface area contributed by atoms with Crippen molar-refractivity contribution in [3.05, 3.63) is 53.9 Å². The number of fused-ring (bicyclic) bond motifs is 1. The quantitative estimate of drug-likeness (QED) is 0.491. The lowest BCUT2D eigenvalue weighted by atomic mass is 9.82. The van der Waals surface area contributed by atoms with Crippen molar-refractivity contribution < 1.29 is 27.1 Å². The summed E-state index contributed by atoms with van der Waals surface area (Å²) in [7, 11) is 0. The molecule has 3 aromatic rings. The Bertz CT molecular complexity index is 1130. The summed E-state index contributed by atoms with van der Waals surface area (Å²) in [4.78, 5) is 20.9. The molecule has 1 amide bonds. The van der Waals surface area contributed by atoms with Crippen molar-refractivity contribution in [1.82, 2.24) is 9.97 Å². The number of alkyl halides is 2. The molecule has 0 radical (unpaired) electrons. The molecule has 2 heterocycles. The molecule has 30 heavy (non-hydrogen) atoms. The highest BCUT2D eigenvalue weighted by Crippen LogP contribution is 2.46. The number of hydrogen-bond donors (Lipinski definition) is 1. The first-order valence-corrected chi connectivity index (χ1v) is 9.53. The molecule has 2 fully saturated rings. The second-order valence-corrected chi connectivity index (χ2v) is 7.85. The van der Waals surface area contributed by atoms with Crippen LogP contribution in [0, 0.1) is 17.6 Å². The first-order valence-electron chi connectivity index (χ1n) is 9.53. The monoisotopic (exact) mass is 419 g/mol. The van der Waals surface area contributed by atoms with E-state index in [2.05, 4.69) is 9.97 Å². The zero-order chi connectivity index (χ0) is 21.2. The van der Waals surface area contributed by atoms with Gasteiger partial charge in [-0.2, -0.15) is 0 Å². The summed E-state index contributed by atoms with van der Waals surface area (Å²) in [5, 5.41) is 0. The van der Waals surface area contributed by atoms with Gasteiger partial charge in [-0.1, -0.05) is 6.92 Å². The molecular formula is C21H17F4N3O2. The van der Waals surface area contributed by atoms with Crippen LogP contribution in [-0.2, 0) is 4.79 Å². The fourth-order valence-corrected chi connectivity index (χ4v) is 4.17. The Morgan fingerprint density at radius 3 is 2.53 bits per heavy atom. The molecule has 0 spiro atoms. The number of aromatic amines is 1. The molecule has 1 aromatic heterocycles. The predicted octanol–water partition coefficient (Wildman–Crippen LogP) is 4.74. The van der Waals surface area contributed by atoms with E-state index in [1.54, 1.807) is 25.1 Å². The topological polar surface area (TPSA) is 58.2 Å². The molecule has 1 saturated heterocycles. The molecule has 5 nitrogen and oxygen atoms in total. The predicted molar refractivity (Wildman–Crippen MR) is 100 cm³/mol. The molecule has 1 aliphatic carbocycles. The minimum Gasteiger partial charge on any atom is -0.490 e. The van der Waals surface area contributed by atoms with Crippen LogP contribution in [0.2, 0.25) is 0 Å². The summed E-state index contributed by atoms with van der Waals surface area (Å²) in [6.07, 6.45) is -0.208. The number of nitrogens with zero attached hydrogens (tertiary/aromatic N) is 2. The van der Waals surface area contributed by atoms with Crippen molar-refractivity contribution in [3.8, 4) is 5.75 Å². The van der Waals surface area contributed by atoms with Crippen LogP contribution < -0.4 is 9.64 Å². The van der Waals surface area contributed by atoms with E-state index < -0.39 is 48.5 Å². The van der Waals surface area contributed by atoms with E-state index in [1.165, 1.54) is 11.2 Å². The number of aromatic nitrogens is 2. The molecule has 1 aliphatic heterocycles. The molecule has 5 rings (SSSR count). The van der Waals surface area contributed by atoms with E-state index in [1.807, 2.05) is 0 Å². The van der Waals surface area contributed by atoms with Crippen molar-refractivity contribution in [2.24, 2.45) is 5.92 Å². The lowest BCUT2D eigenvalue weighted by Gasteiger charge is -2.46. The number of β-lactam (4-membered cyclic amide) rings is 1. The lowest BCUT2D eigenvalue weighted by Crippen LogP contribution is -2.54. The van der Waals surface area contributed by atoms with E-state index in [0.29, 0.717) is 16.7 Å². The van der Waals surface area contributed by atoms with Crippen LogP contribution >= 0.6 is 0 Å². The number of imidazole rings is 1. The van der Waals surface area contributed by atoms with Crippen LogP contribution in [0.25, 0.3) is 11.0 Å². The third kappa shape index (κ3) is 2.91. The fraction of sp³-hybridized carbons (Fsp3) is 0.333. The Morgan fingerprint density at radius 1 is 1.17 bits per heavy atom. The molecule has 0 bridgehead atoms. The largest absolute Gasteiger partial charge is 0.490 e. The van der Waals surface area contributed by atoms with E-state index in [9.17, 15) is 22.4 Å². The maximum atomic E-state index is 14.9. The SMILES string of the molecule is C[C@H]1C(=O)N(c2ccc3nc[nH]c3c2)[C@H]1c1c(F)cc(OC2CC(F)(F)C2)cc1F. The molecule has 156 valence electrons. The number of H-pyrrole nitrogens is 1. The number of carbonyl (C=O) groups is 1. The zero-order valence-electron chi connectivity index (χ0n) is 15.8. The molecule has 1 N–H and O–H groups in total. The van der Waals surface area contributed by atoms with Crippen LogP contribution in [0.3, 0.4) is 0 Å². The van der Waals surface area contributed by atoms with Crippen molar-refractivity contribution in [3.63, 3.8) is 0 Å². The Kier molecular flexibility index (Phi) is 4.06. The van der Waals surface area contributed by atoms with Crippen molar-refractivity contribution in [1.29, 1.82) is 0 Å². The van der Waals surface area contributed by atoms with Gasteiger partial charge in [-0.15, -0.1) is 0 Å². The summed E-state index contributed by atoms with van der Waals surface area (Å²) >= 11 is 0. The Morgan fingerprint density at radius 2 is 1.87 bits per heavy atom. The average molecular weight is 419 g/mol. The van der Waals surface area contributed by atoms with Gasteiger partial charge in [0.15, 0.2) is 0 Å². The Balaban J connectivity index is 1.45. The number of rotatable bonds is 4. The van der Waals surface area contributed by atoms with Crippen LogP contribution in [0.1, 0.15) is 31.4 Å². The number of carbonyl (C=O) groups excluding carboxylic acids is 1. The van der Waals surface area contributed by atoms with Gasteiger partial charge in [-0.3, -0.25) is 4.79 Å². The van der Waals surface area contributed by atoms with E-state index in [4.69, 9.17) is 4.74 Å². The number of amides is 1. The van der Waals surface area contributed by atoms with Gasteiger partial charge >= 0.3 is 0 Å². The van der Waals surface area contributed by atoms with Crippen molar-refractivity contribution >= 4 is 22.6 Å². The number of hydrogen-bond acceptors (Lipinski definition) is 3. The second-order valence-electron chi connectivity index (χ2n) is 7.85. The number of nitrogens with one attached hydrogen (secondary N) is 1. The summed E-state index contributed by atoms with van der Waals surface area (Å²) in [6.45, 7) is 1.61. The van der Waals surface area contributed by atoms with Gasteiger partial charge < -0.3 is 14.6 Å². The highest BCUT2D eigenvalue weighted by atomic mass is 19.3. The van der Waals surface area contributed by atoms with E-state index in [-0.39, 0.29) is 17.2 Å². The average Bonchev–Trinajstić information content (AvgIpc) is 3.12. The molecule has 2 atom stereocenters. The van der Waals surface area contributed by atoms with Crippen LogP contribution in [0.5, 0.6) is 5.75 Å². The molecular weight excluding hydrogens is 402 g/mol. The minimum absolute atomic E-state index is 0.141. The summed E-state index contributed by atoms with van der Waals surface area (Å²) in [5.74, 6) is -5.57. The van der Waals surface area contributed by atoms with Crippen LogP contribution in [0.4, 0.5) is 23.2 Å². The lowest BCUT2D eigenvalue weighted by molar-refractivity contribution is -0.134. The van der Waals surface area contributed by atoms with Gasteiger partial charge in [0.25, 0.3) is 5.92 Å². The van der Waals surface area contributed by atoms with Crippen LogP contribution in [-0.4, -0.2) is 27.9 Å². The number of ether oxygens (including phenoxy) is 1. The molecule has 0 unspecified atom stereocenters. The Labute approximate surface area is 168 Å². The first-order chi connectivity index (χ1) is 14.2. The van der Waals surface area contributed by atoms with Gasteiger partial charge in [0.05, 0.1) is 29.3 Å². The van der Waals surface area contributed by atoms with Gasteiger partial charge in [0, 0.05) is 36.2 Å². The van der Waals surface area contributed by atoms with Gasteiger partial charge in [0.1, 0.15) is 23.5 Å². The van der Waals surface area contributed by atoms with E-state index >= 15 is 0 Å². The summed E-state index contributed by atoms with van der Waals surface area (Å²) < 4.78 is 61.0. The maximum Gasteiger partial charge on any atom is 0.255 e. The Hall–Kier alpha value is -3.10. The van der Waals surface area contributed by atoms with Crippen molar-refractivity contribution in [2.75, 3.05) is 4.90 Å². The highest BCUT2D eigenvalue weighted by molar-refractivity contribution is 6.04. The van der Waals surface area contributed by atoms with Gasteiger partial charge in [-0.05, 0) is 18.2 Å². The standard InChI is InChI=1S/C21H17F4N3O2/c1-10-19(28(20(10)29)11-2-3-16-17(4-11)27-9-26-16)18-14(22)5-12(6-15(18)23)30-13-7-21(24,25)8-13/h2-6,9-10,13,19H,7-8H2,1H3,(H,26,27)/t10-,19-/m1/s1. The first kappa shape index (κ1) is 18.9. The number of anilines is 1. The van der Waals surface area contributed by atoms with Gasteiger partial charge in [-0.25, -0.2) is 22.5 Å². The van der Waals surface area contributed by atoms with Gasteiger partial charge in [0.2, 0.25) is 5.91 Å². The third-order valence-corrected chi connectivity index (χ3v) is 5.76. The molecule has 9 heteroatoms. The third-order valence-electron chi connectivity index (χ3n) is 5.76. The maximum absolute atomic E-state index is 14.9. The van der Waals surface area contributed by atoms with Crippen molar-refractivity contribution in [2.45, 2.75) is 37.8 Å². The zero-order valence-corrected chi connectivity index (χ0v) is 15.8. The second kappa shape index (κ2) is 6.45. The van der Waals surface area contributed by atoms with Crippen LogP contribution in [0.15, 0.2) is 36.7 Å². The molecule has 2 aliphatic rings. The molecule has 2 aromatic carbocycles. The number of benzene rings is 2. The number of halogens is 4.